The van der Waals surface area contributed by atoms with Crippen molar-refractivity contribution in [1.82, 2.24) is 9.88 Å². The molecule has 1 atom stereocenters. The molecular formula is C25H27N3O3. The zero-order valence-corrected chi connectivity index (χ0v) is 17.7. The molecule has 1 aromatic heterocycles. The summed E-state index contributed by atoms with van der Waals surface area (Å²) in [6, 6.07) is 20.8. The molecule has 31 heavy (non-hydrogen) atoms. The van der Waals surface area contributed by atoms with E-state index in [1.807, 2.05) is 62.4 Å². The van der Waals surface area contributed by atoms with Gasteiger partial charge in [0.05, 0.1) is 6.54 Å². The van der Waals surface area contributed by atoms with Gasteiger partial charge in [0.25, 0.3) is 11.5 Å². The Morgan fingerprint density at radius 3 is 2.23 bits per heavy atom. The Morgan fingerprint density at radius 2 is 1.58 bits per heavy atom. The molecule has 0 aliphatic heterocycles. The van der Waals surface area contributed by atoms with E-state index in [0.29, 0.717) is 18.7 Å². The molecule has 6 nitrogen and oxygen atoms in total. The first-order valence-corrected chi connectivity index (χ1v) is 10.3. The normalized spacial score (nSPS) is 11.7. The minimum Gasteiger partial charge on any atom is -0.341 e. The monoisotopic (exact) mass is 417 g/mol. The molecule has 1 heterocycles. The van der Waals surface area contributed by atoms with Crippen molar-refractivity contribution in [1.29, 1.82) is 0 Å². The van der Waals surface area contributed by atoms with Crippen LogP contribution in [0, 0.1) is 5.92 Å². The first-order valence-electron chi connectivity index (χ1n) is 10.3. The summed E-state index contributed by atoms with van der Waals surface area (Å²) in [6.07, 6.45) is 2.09. The van der Waals surface area contributed by atoms with Gasteiger partial charge in [0.2, 0.25) is 5.91 Å². The second-order valence-corrected chi connectivity index (χ2v) is 7.86. The zero-order valence-electron chi connectivity index (χ0n) is 17.7. The largest absolute Gasteiger partial charge is 0.341 e. The van der Waals surface area contributed by atoms with E-state index in [4.69, 9.17) is 0 Å². The molecule has 0 saturated carbocycles. The molecule has 2 aromatic carbocycles. The van der Waals surface area contributed by atoms with Gasteiger partial charge in [0.15, 0.2) is 0 Å². The molecule has 0 aliphatic carbocycles. The second kappa shape index (κ2) is 10.4. The number of nitrogens with zero attached hydrogens (tertiary/aromatic N) is 1. The van der Waals surface area contributed by atoms with Gasteiger partial charge in [-0.05, 0) is 35.2 Å². The van der Waals surface area contributed by atoms with E-state index in [9.17, 15) is 14.4 Å². The van der Waals surface area contributed by atoms with E-state index in [2.05, 4.69) is 10.6 Å². The van der Waals surface area contributed by atoms with Crippen LogP contribution in [-0.2, 0) is 16.1 Å². The van der Waals surface area contributed by atoms with Crippen LogP contribution < -0.4 is 16.2 Å². The van der Waals surface area contributed by atoms with Crippen molar-refractivity contribution >= 4 is 17.5 Å². The van der Waals surface area contributed by atoms with Gasteiger partial charge in [-0.3, -0.25) is 14.4 Å². The number of nitrogens with one attached hydrogen (secondary N) is 2. The number of benzene rings is 2. The first kappa shape index (κ1) is 22.0. The van der Waals surface area contributed by atoms with Crippen LogP contribution in [0.5, 0.6) is 0 Å². The molecule has 0 fully saturated rings. The highest BCUT2D eigenvalue weighted by Gasteiger charge is 2.23. The fourth-order valence-electron chi connectivity index (χ4n) is 3.23. The molecule has 3 rings (SSSR count). The molecule has 1 unspecified atom stereocenters. The fourth-order valence-corrected chi connectivity index (χ4v) is 3.23. The molecule has 0 spiro atoms. The van der Waals surface area contributed by atoms with Crippen LogP contribution in [0.2, 0.25) is 0 Å². The van der Waals surface area contributed by atoms with Crippen molar-refractivity contribution in [3.63, 3.8) is 0 Å². The quantitative estimate of drug-likeness (QED) is 0.586. The summed E-state index contributed by atoms with van der Waals surface area (Å²) in [4.78, 5) is 37.2. The lowest BCUT2D eigenvalue weighted by Crippen LogP contribution is -2.37. The molecule has 2 N–H and O–H groups in total. The third kappa shape index (κ3) is 6.40. The maximum absolute atomic E-state index is 13.0. The van der Waals surface area contributed by atoms with E-state index in [1.54, 1.807) is 29.0 Å². The number of carbonyl (C=O) groups excluding carboxylic acids is 2. The predicted molar refractivity (Wildman–Crippen MR) is 122 cm³/mol. The smallest absolute Gasteiger partial charge is 0.251 e. The van der Waals surface area contributed by atoms with Gasteiger partial charge < -0.3 is 15.2 Å². The van der Waals surface area contributed by atoms with Crippen LogP contribution >= 0.6 is 0 Å². The Kier molecular flexibility index (Phi) is 7.38. The highest BCUT2D eigenvalue weighted by atomic mass is 16.2. The average Bonchev–Trinajstić information content (AvgIpc) is 2.75. The number of amides is 2. The van der Waals surface area contributed by atoms with Gasteiger partial charge >= 0.3 is 0 Å². The lowest BCUT2D eigenvalue weighted by molar-refractivity contribution is -0.127. The molecule has 0 saturated heterocycles. The molecule has 0 bridgehead atoms. The van der Waals surface area contributed by atoms with Crippen molar-refractivity contribution in [3.8, 4) is 0 Å². The topological polar surface area (TPSA) is 80.2 Å². The maximum atomic E-state index is 13.0. The van der Waals surface area contributed by atoms with E-state index < -0.39 is 6.04 Å². The Labute approximate surface area is 181 Å². The highest BCUT2D eigenvalue weighted by Crippen LogP contribution is 2.18. The Balaban J connectivity index is 1.71. The standard InChI is InChI=1S/C25H27N3O3/c1-18(2)16-22(29)27-24(20-8-4-3-5-9-20)25(31)26-21-13-11-19(12-14-21)17-28-15-7-6-10-23(28)30/h3-15,18,24H,16-17H2,1-2H3,(H,26,31)(H,27,29). The van der Waals surface area contributed by atoms with Crippen molar-refractivity contribution in [2.75, 3.05) is 5.32 Å². The van der Waals surface area contributed by atoms with Crippen LogP contribution in [0.25, 0.3) is 0 Å². The van der Waals surface area contributed by atoms with Crippen molar-refractivity contribution in [2.45, 2.75) is 32.9 Å². The summed E-state index contributed by atoms with van der Waals surface area (Å²) in [5.41, 5.74) is 2.21. The number of hydrogen-bond donors (Lipinski definition) is 2. The summed E-state index contributed by atoms with van der Waals surface area (Å²) in [5.74, 6) is -0.276. The molecule has 3 aromatic rings. The third-order valence-corrected chi connectivity index (χ3v) is 4.77. The third-order valence-electron chi connectivity index (χ3n) is 4.77. The molecule has 6 heteroatoms. The summed E-state index contributed by atoms with van der Waals surface area (Å²) in [5, 5.41) is 5.73. The number of aromatic nitrogens is 1. The van der Waals surface area contributed by atoms with Gasteiger partial charge in [0.1, 0.15) is 6.04 Å². The van der Waals surface area contributed by atoms with Gasteiger partial charge in [-0.25, -0.2) is 0 Å². The number of rotatable bonds is 8. The van der Waals surface area contributed by atoms with Crippen LogP contribution in [0.1, 0.15) is 37.4 Å². The summed E-state index contributed by atoms with van der Waals surface area (Å²) in [7, 11) is 0. The average molecular weight is 418 g/mol. The summed E-state index contributed by atoms with van der Waals surface area (Å²) >= 11 is 0. The van der Waals surface area contributed by atoms with E-state index >= 15 is 0 Å². The predicted octanol–water partition coefficient (Wildman–Crippen LogP) is 3.74. The van der Waals surface area contributed by atoms with Gasteiger partial charge in [-0.1, -0.05) is 62.4 Å². The number of hydrogen-bond acceptors (Lipinski definition) is 3. The number of pyridine rings is 1. The minimum atomic E-state index is -0.782. The summed E-state index contributed by atoms with van der Waals surface area (Å²) in [6.45, 7) is 4.37. The van der Waals surface area contributed by atoms with Gasteiger partial charge in [0, 0.05) is 24.4 Å². The first-order chi connectivity index (χ1) is 14.9. The van der Waals surface area contributed by atoms with E-state index in [1.165, 1.54) is 6.07 Å². The maximum Gasteiger partial charge on any atom is 0.251 e. The lowest BCUT2D eigenvalue weighted by Gasteiger charge is -2.19. The van der Waals surface area contributed by atoms with Crippen LogP contribution in [0.4, 0.5) is 5.69 Å². The number of anilines is 1. The van der Waals surface area contributed by atoms with Gasteiger partial charge in [-0.15, -0.1) is 0 Å². The lowest BCUT2D eigenvalue weighted by atomic mass is 10.0. The molecule has 160 valence electrons. The van der Waals surface area contributed by atoms with Crippen molar-refractivity contribution in [3.05, 3.63) is 100 Å². The molecule has 0 aliphatic rings. The molecule has 2 amide bonds. The van der Waals surface area contributed by atoms with Gasteiger partial charge in [-0.2, -0.15) is 0 Å². The van der Waals surface area contributed by atoms with E-state index in [0.717, 1.165) is 11.1 Å². The van der Waals surface area contributed by atoms with Crippen LogP contribution in [-0.4, -0.2) is 16.4 Å². The van der Waals surface area contributed by atoms with Crippen LogP contribution in [0.3, 0.4) is 0 Å². The Hall–Kier alpha value is -3.67. The number of carbonyl (C=O) groups is 2. The zero-order chi connectivity index (χ0) is 22.2. The fraction of sp³-hybridized carbons (Fsp3) is 0.240. The SMILES string of the molecule is CC(C)CC(=O)NC(C(=O)Nc1ccc(Cn2ccccc2=O)cc1)c1ccccc1. The van der Waals surface area contributed by atoms with Crippen molar-refractivity contribution < 1.29 is 9.59 Å². The Morgan fingerprint density at radius 1 is 0.903 bits per heavy atom. The second-order valence-electron chi connectivity index (χ2n) is 7.86. The Bertz CT molecular complexity index is 1070. The van der Waals surface area contributed by atoms with Crippen LogP contribution in [0.15, 0.2) is 83.8 Å². The molecular weight excluding hydrogens is 390 g/mol. The molecule has 0 radical (unpaired) electrons. The van der Waals surface area contributed by atoms with E-state index in [-0.39, 0.29) is 23.3 Å². The summed E-state index contributed by atoms with van der Waals surface area (Å²) < 4.78 is 1.61. The van der Waals surface area contributed by atoms with Crippen molar-refractivity contribution in [2.24, 2.45) is 5.92 Å². The highest BCUT2D eigenvalue weighted by molar-refractivity contribution is 5.97. The minimum absolute atomic E-state index is 0.0669.